The number of fused-ring (bicyclic) bond motifs is 1. The number of nitrogens with two attached hydrogens (primary N) is 1. The molecule has 0 bridgehead atoms. The van der Waals surface area contributed by atoms with Gasteiger partial charge >= 0.3 is 5.97 Å². The van der Waals surface area contributed by atoms with Gasteiger partial charge in [0.05, 0.1) is 12.3 Å². The molecule has 110 valence electrons. The fourth-order valence-corrected chi connectivity index (χ4v) is 3.94. The van der Waals surface area contributed by atoms with Gasteiger partial charge in [0.2, 0.25) is 0 Å². The molecule has 1 aliphatic heterocycles. The highest BCUT2D eigenvalue weighted by atomic mass is 32.1. The molecule has 3 rings (SSSR count). The van der Waals surface area contributed by atoms with Crippen LogP contribution in [0.15, 0.2) is 18.2 Å². The summed E-state index contributed by atoms with van der Waals surface area (Å²) in [5, 5.41) is 9.30. The van der Waals surface area contributed by atoms with Crippen LogP contribution in [0.1, 0.15) is 40.6 Å². The number of anilines is 1. The van der Waals surface area contributed by atoms with Crippen LogP contribution < -0.4 is 10.5 Å². The highest BCUT2D eigenvalue weighted by Gasteiger charge is 2.24. The van der Waals surface area contributed by atoms with Crippen molar-refractivity contribution in [1.29, 1.82) is 0 Å². The third kappa shape index (κ3) is 2.27. The van der Waals surface area contributed by atoms with Crippen molar-refractivity contribution < 1.29 is 14.6 Å². The highest BCUT2D eigenvalue weighted by Crippen LogP contribution is 2.43. The first-order chi connectivity index (χ1) is 9.99. The number of hydrogen-bond acceptors (Lipinski definition) is 4. The van der Waals surface area contributed by atoms with Crippen LogP contribution in [0.5, 0.6) is 5.75 Å². The van der Waals surface area contributed by atoms with Crippen molar-refractivity contribution in [2.45, 2.75) is 26.2 Å². The monoisotopic (exact) mass is 303 g/mol. The zero-order valence-electron chi connectivity index (χ0n) is 12.0. The van der Waals surface area contributed by atoms with E-state index in [4.69, 9.17) is 10.5 Å². The molecule has 1 aliphatic rings. The van der Waals surface area contributed by atoms with Crippen molar-refractivity contribution >= 4 is 23.0 Å². The first-order valence-corrected chi connectivity index (χ1v) is 7.72. The lowest BCUT2D eigenvalue weighted by atomic mass is 9.97. The van der Waals surface area contributed by atoms with E-state index in [2.05, 4.69) is 6.07 Å². The summed E-state index contributed by atoms with van der Waals surface area (Å²) in [7, 11) is 0. The average Bonchev–Trinajstić information content (AvgIpc) is 3.01. The van der Waals surface area contributed by atoms with Crippen LogP contribution in [0.3, 0.4) is 0 Å². The largest absolute Gasteiger partial charge is 0.493 e. The van der Waals surface area contributed by atoms with Gasteiger partial charge in [-0.05, 0) is 40.8 Å². The van der Waals surface area contributed by atoms with Crippen molar-refractivity contribution in [3.63, 3.8) is 0 Å². The number of carboxylic acid groups (broad SMARTS) is 1. The molecule has 2 aromatic rings. The number of aromatic carboxylic acids is 1. The zero-order valence-corrected chi connectivity index (χ0v) is 12.8. The fraction of sp³-hybridized carbons (Fsp3) is 0.312. The van der Waals surface area contributed by atoms with E-state index < -0.39 is 5.97 Å². The van der Waals surface area contributed by atoms with Gasteiger partial charge in [-0.3, -0.25) is 0 Å². The lowest BCUT2D eigenvalue weighted by molar-refractivity contribution is 0.0703. The van der Waals surface area contributed by atoms with Gasteiger partial charge in [0.15, 0.2) is 0 Å². The van der Waals surface area contributed by atoms with E-state index in [1.165, 1.54) is 16.9 Å². The van der Waals surface area contributed by atoms with Crippen LogP contribution in [0.25, 0.3) is 10.4 Å². The molecule has 2 heterocycles. The molecule has 0 unspecified atom stereocenters. The summed E-state index contributed by atoms with van der Waals surface area (Å²) in [6, 6.07) is 6.02. The molecule has 1 aromatic carbocycles. The predicted molar refractivity (Wildman–Crippen MR) is 84.4 cm³/mol. The quantitative estimate of drug-likeness (QED) is 0.905. The van der Waals surface area contributed by atoms with E-state index in [0.717, 1.165) is 28.2 Å². The van der Waals surface area contributed by atoms with Crippen LogP contribution in [0, 0.1) is 0 Å². The molecule has 4 nitrogen and oxygen atoms in total. The molecule has 3 N–H and O–H groups in total. The molecule has 0 radical (unpaired) electrons. The second-order valence-corrected chi connectivity index (χ2v) is 6.49. The summed E-state index contributed by atoms with van der Waals surface area (Å²) in [6.45, 7) is 4.77. The lowest BCUT2D eigenvalue weighted by Gasteiger charge is -2.10. The van der Waals surface area contributed by atoms with E-state index in [1.54, 1.807) is 0 Å². The van der Waals surface area contributed by atoms with Crippen LogP contribution in [0.4, 0.5) is 5.69 Å². The average molecular weight is 303 g/mol. The van der Waals surface area contributed by atoms with Gasteiger partial charge < -0.3 is 15.6 Å². The second-order valence-electron chi connectivity index (χ2n) is 5.47. The Morgan fingerprint density at radius 1 is 1.43 bits per heavy atom. The maximum Gasteiger partial charge on any atom is 0.348 e. The molecular weight excluding hydrogens is 286 g/mol. The summed E-state index contributed by atoms with van der Waals surface area (Å²) < 4.78 is 5.52. The summed E-state index contributed by atoms with van der Waals surface area (Å²) >= 11 is 1.26. The van der Waals surface area contributed by atoms with Gasteiger partial charge in [-0.2, -0.15) is 0 Å². The zero-order chi connectivity index (χ0) is 15.1. The Balaban J connectivity index is 2.17. The number of benzene rings is 1. The van der Waals surface area contributed by atoms with E-state index in [0.29, 0.717) is 12.3 Å². The number of hydrogen-bond donors (Lipinski definition) is 2. The molecule has 0 atom stereocenters. The number of rotatable bonds is 3. The third-order valence-electron chi connectivity index (χ3n) is 3.71. The summed E-state index contributed by atoms with van der Waals surface area (Å²) in [4.78, 5) is 12.5. The minimum atomic E-state index is -0.963. The topological polar surface area (TPSA) is 72.5 Å². The summed E-state index contributed by atoms with van der Waals surface area (Å²) in [5.74, 6) is 0.136. The molecule has 21 heavy (non-hydrogen) atoms. The van der Waals surface area contributed by atoms with E-state index >= 15 is 0 Å². The van der Waals surface area contributed by atoms with Gasteiger partial charge in [0.25, 0.3) is 0 Å². The number of carbonyl (C=O) groups is 1. The van der Waals surface area contributed by atoms with Gasteiger partial charge in [0, 0.05) is 11.3 Å². The van der Waals surface area contributed by atoms with Crippen molar-refractivity contribution in [2.24, 2.45) is 0 Å². The molecule has 0 saturated carbocycles. The van der Waals surface area contributed by atoms with E-state index in [9.17, 15) is 9.90 Å². The minimum Gasteiger partial charge on any atom is -0.493 e. The Hall–Kier alpha value is -2.01. The Morgan fingerprint density at radius 2 is 2.19 bits per heavy atom. The van der Waals surface area contributed by atoms with E-state index in [1.807, 2.05) is 26.0 Å². The number of carboxylic acids is 1. The number of nitrogen functional groups attached to an aromatic ring is 1. The second kappa shape index (κ2) is 5.07. The van der Waals surface area contributed by atoms with Crippen LogP contribution >= 0.6 is 11.3 Å². The van der Waals surface area contributed by atoms with Crippen molar-refractivity contribution in [2.75, 3.05) is 12.3 Å². The molecular formula is C16H17NO3S. The van der Waals surface area contributed by atoms with Gasteiger partial charge in [-0.25, -0.2) is 4.79 Å². The molecule has 0 aliphatic carbocycles. The summed E-state index contributed by atoms with van der Waals surface area (Å²) in [6.07, 6.45) is 0.896. The predicted octanol–water partition coefficient (Wildman–Crippen LogP) is 3.75. The Kier molecular flexibility index (Phi) is 3.37. The highest BCUT2D eigenvalue weighted by molar-refractivity contribution is 7.18. The van der Waals surface area contributed by atoms with Crippen LogP contribution in [-0.2, 0) is 6.42 Å². The fourth-order valence-electron chi connectivity index (χ4n) is 2.73. The maximum atomic E-state index is 11.3. The van der Waals surface area contributed by atoms with Crippen molar-refractivity contribution in [3.05, 3.63) is 34.2 Å². The molecule has 5 heteroatoms. The van der Waals surface area contributed by atoms with Gasteiger partial charge in [-0.15, -0.1) is 11.3 Å². The van der Waals surface area contributed by atoms with Crippen LogP contribution in [-0.4, -0.2) is 17.7 Å². The van der Waals surface area contributed by atoms with Crippen LogP contribution in [0.2, 0.25) is 0 Å². The smallest absolute Gasteiger partial charge is 0.348 e. The first-order valence-electron chi connectivity index (χ1n) is 6.90. The Bertz CT molecular complexity index is 719. The van der Waals surface area contributed by atoms with Gasteiger partial charge in [-0.1, -0.05) is 13.8 Å². The normalized spacial score (nSPS) is 13.3. The number of ether oxygens (including phenoxy) is 1. The lowest BCUT2D eigenvalue weighted by Crippen LogP contribution is -2.00. The summed E-state index contributed by atoms with van der Waals surface area (Å²) in [5.41, 5.74) is 9.58. The molecule has 0 spiro atoms. The molecule has 1 aromatic heterocycles. The molecule has 0 fully saturated rings. The standard InChI is InChI=1S/C16H17NO3S/c1-8(2)12-13(17)15(16(18)19)21-14(12)10-3-4-11-9(7-10)5-6-20-11/h3-4,7-8H,5-6,17H2,1-2H3,(H,18,19). The van der Waals surface area contributed by atoms with Crippen molar-refractivity contribution in [1.82, 2.24) is 0 Å². The Morgan fingerprint density at radius 3 is 2.86 bits per heavy atom. The molecule has 0 amide bonds. The number of thiophene rings is 1. The van der Waals surface area contributed by atoms with Gasteiger partial charge in [0.1, 0.15) is 10.6 Å². The van der Waals surface area contributed by atoms with Crippen molar-refractivity contribution in [3.8, 4) is 16.2 Å². The third-order valence-corrected chi connectivity index (χ3v) is 4.97. The maximum absolute atomic E-state index is 11.3. The molecule has 0 saturated heterocycles. The first kappa shape index (κ1) is 13.9. The van der Waals surface area contributed by atoms with E-state index in [-0.39, 0.29) is 10.8 Å². The Labute approximate surface area is 127 Å². The minimum absolute atomic E-state index is 0.175. The SMILES string of the molecule is CC(C)c1c(-c2ccc3c(c2)CCO3)sc(C(=O)O)c1N.